The van der Waals surface area contributed by atoms with E-state index in [4.69, 9.17) is 0 Å². The van der Waals surface area contributed by atoms with Gasteiger partial charge in [0.2, 0.25) is 0 Å². The van der Waals surface area contributed by atoms with Gasteiger partial charge in [-0.2, -0.15) is 0 Å². The van der Waals surface area contributed by atoms with E-state index in [0.717, 1.165) is 6.07 Å². The molecule has 2 aromatic rings. The van der Waals surface area contributed by atoms with Crippen molar-refractivity contribution >= 4 is 37.5 Å². The number of aryl methyl sites for hydroxylation is 1. The number of pyridine rings is 1. The number of para-hydroxylation sites is 1. The van der Waals surface area contributed by atoms with Gasteiger partial charge in [0.25, 0.3) is 15.7 Å². The van der Waals surface area contributed by atoms with Crippen molar-refractivity contribution in [3.8, 4) is 0 Å². The van der Waals surface area contributed by atoms with Crippen molar-refractivity contribution < 1.29 is 13.3 Å². The maximum Gasteiger partial charge on any atom is 0.289 e. The lowest BCUT2D eigenvalue weighted by Crippen LogP contribution is -2.16. The molecule has 110 valence electrons. The Kier molecular flexibility index (Phi) is 4.24. The second-order valence-corrected chi connectivity index (χ2v) is 6.72. The van der Waals surface area contributed by atoms with Gasteiger partial charge < -0.3 is 0 Å². The van der Waals surface area contributed by atoms with Gasteiger partial charge in [0.15, 0.2) is 4.90 Å². The van der Waals surface area contributed by atoms with Crippen molar-refractivity contribution in [1.82, 2.24) is 4.98 Å². The summed E-state index contributed by atoms with van der Waals surface area (Å²) in [5.41, 5.74) is 0.103. The zero-order valence-electron chi connectivity index (χ0n) is 10.8. The van der Waals surface area contributed by atoms with Crippen LogP contribution in [0.4, 0.5) is 11.5 Å². The summed E-state index contributed by atoms with van der Waals surface area (Å²) >= 11 is 3.22. The van der Waals surface area contributed by atoms with Crippen LogP contribution in [0.2, 0.25) is 0 Å². The number of aromatic nitrogens is 1. The topological polar surface area (TPSA) is 102 Å². The molecule has 0 aliphatic carbocycles. The lowest BCUT2D eigenvalue weighted by atomic mass is 10.3. The zero-order valence-corrected chi connectivity index (χ0v) is 13.2. The summed E-state index contributed by atoms with van der Waals surface area (Å²) in [6.07, 6.45) is 1.43. The van der Waals surface area contributed by atoms with Crippen LogP contribution in [0.3, 0.4) is 0 Å². The third kappa shape index (κ3) is 3.37. The summed E-state index contributed by atoms with van der Waals surface area (Å²) in [5, 5.41) is 10.9. The fourth-order valence-corrected chi connectivity index (χ4v) is 3.36. The monoisotopic (exact) mass is 371 g/mol. The minimum Gasteiger partial charge on any atom is -0.263 e. The van der Waals surface area contributed by atoms with Gasteiger partial charge in [-0.15, -0.1) is 0 Å². The molecule has 2 rings (SSSR count). The highest BCUT2D eigenvalue weighted by Crippen LogP contribution is 2.26. The van der Waals surface area contributed by atoms with Crippen molar-refractivity contribution in [3.63, 3.8) is 0 Å². The largest absolute Gasteiger partial charge is 0.289 e. The average Bonchev–Trinajstić information content (AvgIpc) is 2.42. The highest BCUT2D eigenvalue weighted by atomic mass is 79.9. The Balaban J connectivity index is 2.46. The minimum atomic E-state index is -4.09. The number of nitro benzene ring substituents is 1. The highest BCUT2D eigenvalue weighted by molar-refractivity contribution is 9.10. The molecule has 0 atom stereocenters. The molecular formula is C12H10BrN3O4S. The lowest BCUT2D eigenvalue weighted by molar-refractivity contribution is -0.387. The zero-order chi connectivity index (χ0) is 15.6. The number of nitrogens with one attached hydrogen (secondary N) is 1. The lowest BCUT2D eigenvalue weighted by Gasteiger charge is -2.10. The first kappa shape index (κ1) is 15.4. The van der Waals surface area contributed by atoms with Crippen LogP contribution >= 0.6 is 15.9 Å². The molecular weight excluding hydrogens is 362 g/mol. The second kappa shape index (κ2) is 5.78. The van der Waals surface area contributed by atoms with E-state index in [1.54, 1.807) is 13.0 Å². The molecule has 0 radical (unpaired) electrons. The number of benzene rings is 1. The number of rotatable bonds is 4. The summed E-state index contributed by atoms with van der Waals surface area (Å²) in [6.45, 7) is 1.68. The van der Waals surface area contributed by atoms with Crippen LogP contribution < -0.4 is 4.72 Å². The van der Waals surface area contributed by atoms with Crippen LogP contribution in [-0.4, -0.2) is 18.3 Å². The first-order chi connectivity index (χ1) is 9.81. The number of halogens is 1. The Morgan fingerprint density at radius 1 is 1.33 bits per heavy atom. The van der Waals surface area contributed by atoms with Gasteiger partial charge in [-0.05, 0) is 40.5 Å². The van der Waals surface area contributed by atoms with Crippen LogP contribution in [0.5, 0.6) is 0 Å². The fraction of sp³-hybridized carbons (Fsp3) is 0.0833. The van der Waals surface area contributed by atoms with Crippen LogP contribution in [0, 0.1) is 17.0 Å². The normalized spacial score (nSPS) is 11.1. The molecule has 1 N–H and O–H groups in total. The summed E-state index contributed by atoms with van der Waals surface area (Å²) in [6, 6.07) is 6.82. The smallest absolute Gasteiger partial charge is 0.263 e. The van der Waals surface area contributed by atoms with Gasteiger partial charge in [-0.1, -0.05) is 12.1 Å². The van der Waals surface area contributed by atoms with E-state index in [1.807, 2.05) is 0 Å². The third-order valence-electron chi connectivity index (χ3n) is 2.63. The Bertz CT molecular complexity index is 808. The van der Waals surface area contributed by atoms with Crippen molar-refractivity contribution in [2.24, 2.45) is 0 Å². The van der Waals surface area contributed by atoms with Crippen LogP contribution in [0.25, 0.3) is 0 Å². The molecule has 0 unspecified atom stereocenters. The van der Waals surface area contributed by atoms with Crippen LogP contribution in [-0.2, 0) is 10.0 Å². The molecule has 9 heteroatoms. The molecule has 1 aromatic heterocycles. The number of anilines is 1. The number of sulfonamides is 1. The van der Waals surface area contributed by atoms with Crippen molar-refractivity contribution in [2.45, 2.75) is 11.8 Å². The summed E-state index contributed by atoms with van der Waals surface area (Å²) in [4.78, 5) is 13.7. The van der Waals surface area contributed by atoms with Gasteiger partial charge in [-0.25, -0.2) is 13.4 Å². The summed E-state index contributed by atoms with van der Waals surface area (Å²) in [7, 11) is -4.09. The Morgan fingerprint density at radius 3 is 2.62 bits per heavy atom. The molecule has 0 saturated carbocycles. The molecule has 0 amide bonds. The molecule has 1 heterocycles. The van der Waals surface area contributed by atoms with Gasteiger partial charge in [0, 0.05) is 16.7 Å². The van der Waals surface area contributed by atoms with Crippen LogP contribution in [0.15, 0.2) is 45.9 Å². The molecule has 0 spiro atoms. The van der Waals surface area contributed by atoms with Gasteiger partial charge in [0.1, 0.15) is 5.82 Å². The Hall–Kier alpha value is -2.00. The number of hydrogen-bond acceptors (Lipinski definition) is 5. The molecule has 0 bridgehead atoms. The van der Waals surface area contributed by atoms with Gasteiger partial charge >= 0.3 is 0 Å². The highest BCUT2D eigenvalue weighted by Gasteiger charge is 2.25. The van der Waals surface area contributed by atoms with Crippen molar-refractivity contribution in [3.05, 3.63) is 56.7 Å². The number of nitro groups is 1. The minimum absolute atomic E-state index is 0.122. The first-order valence-corrected chi connectivity index (χ1v) is 7.97. The van der Waals surface area contributed by atoms with Gasteiger partial charge in [0.05, 0.1) is 4.92 Å². The predicted molar refractivity (Wildman–Crippen MR) is 80.6 cm³/mol. The van der Waals surface area contributed by atoms with Crippen LogP contribution in [0.1, 0.15) is 5.56 Å². The van der Waals surface area contributed by atoms with E-state index < -0.39 is 25.5 Å². The molecule has 0 saturated heterocycles. The fourth-order valence-electron chi connectivity index (χ4n) is 1.66. The van der Waals surface area contributed by atoms with E-state index in [9.17, 15) is 18.5 Å². The number of nitrogens with zero attached hydrogens (tertiary/aromatic N) is 2. The summed E-state index contributed by atoms with van der Waals surface area (Å²) in [5.74, 6) is 0.122. The quantitative estimate of drug-likeness (QED) is 0.657. The van der Waals surface area contributed by atoms with E-state index in [0.29, 0.717) is 10.0 Å². The summed E-state index contributed by atoms with van der Waals surface area (Å²) < 4.78 is 27.6. The van der Waals surface area contributed by atoms with E-state index >= 15 is 0 Å². The van der Waals surface area contributed by atoms with Crippen molar-refractivity contribution in [2.75, 3.05) is 4.72 Å². The third-order valence-corrected chi connectivity index (χ3v) is 4.45. The van der Waals surface area contributed by atoms with Gasteiger partial charge in [-0.3, -0.25) is 14.8 Å². The molecule has 1 aromatic carbocycles. The maximum absolute atomic E-state index is 12.3. The first-order valence-electron chi connectivity index (χ1n) is 5.69. The predicted octanol–water partition coefficient (Wildman–Crippen LogP) is 2.86. The molecule has 0 aliphatic heterocycles. The Morgan fingerprint density at radius 2 is 2.00 bits per heavy atom. The van der Waals surface area contributed by atoms with E-state index in [2.05, 4.69) is 25.6 Å². The molecule has 7 nitrogen and oxygen atoms in total. The average molecular weight is 372 g/mol. The molecule has 0 fully saturated rings. The SMILES string of the molecule is Cc1cc(Br)cnc1NS(=O)(=O)c1ccccc1[N+](=O)[O-]. The maximum atomic E-state index is 12.3. The Labute approximate surface area is 129 Å². The standard InChI is InChI=1S/C12H10BrN3O4S/c1-8-6-9(13)7-14-12(8)15-21(19,20)11-5-3-2-4-10(11)16(17)18/h2-7H,1H3,(H,14,15). The number of hydrogen-bond donors (Lipinski definition) is 1. The second-order valence-electron chi connectivity index (χ2n) is 4.15. The molecule has 21 heavy (non-hydrogen) atoms. The van der Waals surface area contributed by atoms with Crippen molar-refractivity contribution in [1.29, 1.82) is 0 Å². The van der Waals surface area contributed by atoms with E-state index in [-0.39, 0.29) is 5.82 Å². The molecule has 0 aliphatic rings. The van der Waals surface area contributed by atoms with E-state index in [1.165, 1.54) is 24.4 Å².